The summed E-state index contributed by atoms with van der Waals surface area (Å²) in [6.07, 6.45) is 1.65. The van der Waals surface area contributed by atoms with Crippen molar-refractivity contribution in [1.29, 1.82) is 0 Å². The first-order valence-electron chi connectivity index (χ1n) is 5.70. The van der Waals surface area contributed by atoms with Crippen LogP contribution in [-0.2, 0) is 0 Å². The number of anilines is 1. The Morgan fingerprint density at radius 2 is 2.00 bits per heavy atom. The highest BCUT2D eigenvalue weighted by Crippen LogP contribution is 2.10. The van der Waals surface area contributed by atoms with Crippen molar-refractivity contribution in [3.05, 3.63) is 59.3 Å². The minimum Gasteiger partial charge on any atom is -0.389 e. The molecule has 19 heavy (non-hydrogen) atoms. The Kier molecular flexibility index (Phi) is 3.87. The Morgan fingerprint density at radius 3 is 2.68 bits per heavy atom. The molecule has 0 unspecified atom stereocenters. The van der Waals surface area contributed by atoms with Crippen LogP contribution in [0.5, 0.6) is 0 Å². The molecule has 96 valence electrons. The molecule has 4 nitrogen and oxygen atoms in total. The zero-order chi connectivity index (χ0) is 13.8. The minimum atomic E-state index is -0.240. The summed E-state index contributed by atoms with van der Waals surface area (Å²) in [5.41, 5.74) is 7.73. The van der Waals surface area contributed by atoms with Gasteiger partial charge in [-0.1, -0.05) is 24.4 Å². The van der Waals surface area contributed by atoms with Gasteiger partial charge in [-0.25, -0.2) is 4.98 Å². The number of nitrogens with one attached hydrogen (secondary N) is 1. The lowest BCUT2D eigenvalue weighted by Crippen LogP contribution is -2.15. The van der Waals surface area contributed by atoms with Gasteiger partial charge in [-0.3, -0.25) is 4.79 Å². The summed E-state index contributed by atoms with van der Waals surface area (Å²) in [6, 6.07) is 10.5. The maximum atomic E-state index is 12.1. The molecule has 0 atom stereocenters. The van der Waals surface area contributed by atoms with Gasteiger partial charge in [-0.05, 0) is 36.8 Å². The summed E-state index contributed by atoms with van der Waals surface area (Å²) in [5.74, 6) is 0.280. The van der Waals surface area contributed by atoms with E-state index in [2.05, 4.69) is 10.3 Å². The maximum Gasteiger partial charge on any atom is 0.256 e. The molecule has 0 saturated heterocycles. The number of amides is 1. The van der Waals surface area contributed by atoms with E-state index in [1.165, 1.54) is 0 Å². The first-order chi connectivity index (χ1) is 9.06. The number of nitrogens with two attached hydrogens (primary N) is 1. The molecule has 3 N–H and O–H groups in total. The molecule has 0 fully saturated rings. The lowest BCUT2D eigenvalue weighted by atomic mass is 10.1. The molecule has 1 heterocycles. The Balaban J connectivity index is 2.20. The molecular formula is C14H13N3OS. The van der Waals surface area contributed by atoms with Gasteiger partial charge >= 0.3 is 0 Å². The Labute approximate surface area is 116 Å². The van der Waals surface area contributed by atoms with Crippen LogP contribution in [0.3, 0.4) is 0 Å². The number of benzene rings is 1. The Hall–Kier alpha value is -2.27. The molecule has 1 aromatic carbocycles. The number of hydrogen-bond acceptors (Lipinski definition) is 3. The third-order valence-electron chi connectivity index (χ3n) is 2.57. The first kappa shape index (κ1) is 13.2. The van der Waals surface area contributed by atoms with Crippen LogP contribution in [0.2, 0.25) is 0 Å². The number of aryl methyl sites for hydroxylation is 1. The van der Waals surface area contributed by atoms with Crippen molar-refractivity contribution in [2.75, 3.05) is 5.32 Å². The molecule has 0 aliphatic heterocycles. The molecule has 0 spiro atoms. The van der Waals surface area contributed by atoms with Crippen molar-refractivity contribution < 1.29 is 4.79 Å². The molecule has 2 aromatic rings. The summed E-state index contributed by atoms with van der Waals surface area (Å²) in [5, 5.41) is 2.73. The number of aromatic nitrogens is 1. The summed E-state index contributed by atoms with van der Waals surface area (Å²) in [4.78, 5) is 16.4. The van der Waals surface area contributed by atoms with E-state index < -0.39 is 0 Å². The van der Waals surface area contributed by atoms with Gasteiger partial charge in [-0.15, -0.1) is 0 Å². The monoisotopic (exact) mass is 271 g/mol. The van der Waals surface area contributed by atoms with E-state index in [4.69, 9.17) is 18.0 Å². The molecule has 0 aliphatic rings. The molecule has 0 bridgehead atoms. The van der Waals surface area contributed by atoms with E-state index in [-0.39, 0.29) is 10.9 Å². The second-order valence-electron chi connectivity index (χ2n) is 4.12. The van der Waals surface area contributed by atoms with Gasteiger partial charge in [0.25, 0.3) is 5.91 Å². The average Bonchev–Trinajstić information content (AvgIpc) is 2.39. The molecule has 2 rings (SSSR count). The highest BCUT2D eigenvalue weighted by Gasteiger charge is 2.08. The van der Waals surface area contributed by atoms with Gasteiger partial charge in [0.15, 0.2) is 0 Å². The van der Waals surface area contributed by atoms with E-state index in [1.54, 1.807) is 36.5 Å². The largest absolute Gasteiger partial charge is 0.389 e. The summed E-state index contributed by atoms with van der Waals surface area (Å²) < 4.78 is 0. The number of rotatable bonds is 3. The van der Waals surface area contributed by atoms with Crippen LogP contribution in [0.25, 0.3) is 0 Å². The van der Waals surface area contributed by atoms with E-state index in [9.17, 15) is 4.79 Å². The maximum absolute atomic E-state index is 12.1. The van der Waals surface area contributed by atoms with Crippen molar-refractivity contribution in [2.45, 2.75) is 6.92 Å². The fourth-order valence-corrected chi connectivity index (χ4v) is 1.73. The van der Waals surface area contributed by atoms with Crippen LogP contribution in [0.15, 0.2) is 42.6 Å². The number of pyridine rings is 1. The molecule has 1 amide bonds. The predicted octanol–water partition coefficient (Wildman–Crippen LogP) is 2.28. The molecule has 0 radical (unpaired) electrons. The summed E-state index contributed by atoms with van der Waals surface area (Å²) >= 11 is 4.89. The van der Waals surface area contributed by atoms with Gasteiger partial charge in [-0.2, -0.15) is 0 Å². The second kappa shape index (κ2) is 5.58. The zero-order valence-corrected chi connectivity index (χ0v) is 11.2. The highest BCUT2D eigenvalue weighted by molar-refractivity contribution is 7.80. The van der Waals surface area contributed by atoms with Crippen LogP contribution in [0.4, 0.5) is 5.82 Å². The van der Waals surface area contributed by atoms with Gasteiger partial charge in [0, 0.05) is 17.3 Å². The smallest absolute Gasteiger partial charge is 0.256 e. The molecule has 0 saturated carbocycles. The first-order valence-corrected chi connectivity index (χ1v) is 6.11. The number of carbonyl (C=O) groups is 1. The molecule has 5 heteroatoms. The summed E-state index contributed by atoms with van der Waals surface area (Å²) in [6.45, 7) is 1.94. The van der Waals surface area contributed by atoms with E-state index in [0.717, 1.165) is 5.56 Å². The fraction of sp³-hybridized carbons (Fsp3) is 0.0714. The number of carbonyl (C=O) groups excluding carboxylic acids is 1. The lowest BCUT2D eigenvalue weighted by molar-refractivity contribution is 0.102. The van der Waals surface area contributed by atoms with E-state index in [1.807, 2.05) is 13.0 Å². The molecule has 0 aliphatic carbocycles. The third-order valence-corrected chi connectivity index (χ3v) is 2.80. The van der Waals surface area contributed by atoms with Crippen LogP contribution < -0.4 is 11.1 Å². The molecule has 1 aromatic heterocycles. The highest BCUT2D eigenvalue weighted by atomic mass is 32.1. The third kappa shape index (κ3) is 3.35. The van der Waals surface area contributed by atoms with Crippen LogP contribution in [0, 0.1) is 6.92 Å². The number of thiocarbonyl (C=S) groups is 1. The van der Waals surface area contributed by atoms with Gasteiger partial charge < -0.3 is 11.1 Å². The molecular weight excluding hydrogens is 258 g/mol. The minimum absolute atomic E-state index is 0.240. The van der Waals surface area contributed by atoms with Crippen molar-refractivity contribution in [3.8, 4) is 0 Å². The van der Waals surface area contributed by atoms with Crippen molar-refractivity contribution >= 4 is 28.9 Å². The van der Waals surface area contributed by atoms with E-state index in [0.29, 0.717) is 16.9 Å². The van der Waals surface area contributed by atoms with Gasteiger partial charge in [0.1, 0.15) is 10.8 Å². The van der Waals surface area contributed by atoms with Crippen molar-refractivity contribution in [1.82, 2.24) is 4.98 Å². The Morgan fingerprint density at radius 1 is 1.26 bits per heavy atom. The topological polar surface area (TPSA) is 68.0 Å². The van der Waals surface area contributed by atoms with E-state index >= 15 is 0 Å². The standard InChI is InChI=1S/C14H13N3OS/c1-9-5-6-16-12(7-9)17-14(18)11-4-2-3-10(8-11)13(15)19/h2-8H,1H3,(H2,15,19)(H,16,17,18). The van der Waals surface area contributed by atoms with Crippen LogP contribution in [0.1, 0.15) is 21.5 Å². The lowest BCUT2D eigenvalue weighted by Gasteiger charge is -2.06. The zero-order valence-electron chi connectivity index (χ0n) is 10.4. The van der Waals surface area contributed by atoms with Crippen LogP contribution in [-0.4, -0.2) is 15.9 Å². The van der Waals surface area contributed by atoms with Crippen LogP contribution >= 0.6 is 12.2 Å². The SMILES string of the molecule is Cc1ccnc(NC(=O)c2cccc(C(N)=S)c2)c1. The van der Waals surface area contributed by atoms with Crippen molar-refractivity contribution in [3.63, 3.8) is 0 Å². The fourth-order valence-electron chi connectivity index (χ4n) is 1.61. The van der Waals surface area contributed by atoms with Crippen molar-refractivity contribution in [2.24, 2.45) is 5.73 Å². The second-order valence-corrected chi connectivity index (χ2v) is 4.56. The number of nitrogens with zero attached hydrogens (tertiary/aromatic N) is 1. The quantitative estimate of drug-likeness (QED) is 0.840. The van der Waals surface area contributed by atoms with Gasteiger partial charge in [0.2, 0.25) is 0 Å². The average molecular weight is 271 g/mol. The normalized spacial score (nSPS) is 9.95. The predicted molar refractivity (Wildman–Crippen MR) is 79.3 cm³/mol. The van der Waals surface area contributed by atoms with Gasteiger partial charge in [0.05, 0.1) is 0 Å². The Bertz CT molecular complexity index is 640. The summed E-state index contributed by atoms with van der Waals surface area (Å²) in [7, 11) is 0. The number of hydrogen-bond donors (Lipinski definition) is 2.